The number of hydrogen-bond acceptors (Lipinski definition) is 4. The predicted octanol–water partition coefficient (Wildman–Crippen LogP) is 2.40. The highest BCUT2D eigenvalue weighted by Gasteiger charge is 2.48. The summed E-state index contributed by atoms with van der Waals surface area (Å²) in [7, 11) is 0. The van der Waals surface area contributed by atoms with E-state index >= 15 is 0 Å². The van der Waals surface area contributed by atoms with E-state index in [4.69, 9.17) is 0 Å². The third kappa shape index (κ3) is 3.78. The quantitative estimate of drug-likeness (QED) is 0.826. The third-order valence-corrected chi connectivity index (χ3v) is 4.60. The fourth-order valence-corrected chi connectivity index (χ4v) is 3.45. The second-order valence-electron chi connectivity index (χ2n) is 6.21. The Hall–Kier alpha value is -2.51. The number of halogens is 2. The Bertz CT molecular complexity index is 654. The molecule has 1 saturated heterocycles. The zero-order valence-electron chi connectivity index (χ0n) is 13.4. The molecular formula is C17H18F2N2O4. The lowest BCUT2D eigenvalue weighted by Crippen LogP contribution is -2.38. The number of nitrogens with one attached hydrogen (secondary N) is 1. The van der Waals surface area contributed by atoms with Gasteiger partial charge in [-0.15, -0.1) is 0 Å². The number of benzene rings is 1. The van der Waals surface area contributed by atoms with Crippen LogP contribution in [-0.2, 0) is 14.4 Å². The highest BCUT2D eigenvalue weighted by Crippen LogP contribution is 2.37. The first-order valence-corrected chi connectivity index (χ1v) is 8.15. The summed E-state index contributed by atoms with van der Waals surface area (Å²) in [4.78, 5) is 37.8. The SMILES string of the molecule is O=C(CN1C(=O)[C@H]2CCCC[C@H]2C1=O)Nc1ccc(OC(F)F)cc1. The number of carbonyl (C=O) groups is 3. The van der Waals surface area contributed by atoms with Gasteiger partial charge in [-0.3, -0.25) is 19.3 Å². The number of ether oxygens (including phenoxy) is 1. The Kier molecular flexibility index (Phi) is 4.96. The summed E-state index contributed by atoms with van der Waals surface area (Å²) < 4.78 is 28.4. The van der Waals surface area contributed by atoms with Gasteiger partial charge in [-0.1, -0.05) is 12.8 Å². The van der Waals surface area contributed by atoms with Gasteiger partial charge in [0.25, 0.3) is 0 Å². The predicted molar refractivity (Wildman–Crippen MR) is 83.9 cm³/mol. The van der Waals surface area contributed by atoms with E-state index in [9.17, 15) is 23.2 Å². The normalized spacial score (nSPS) is 22.9. The highest BCUT2D eigenvalue weighted by molar-refractivity contribution is 6.08. The Morgan fingerprint density at radius 2 is 1.68 bits per heavy atom. The van der Waals surface area contributed by atoms with E-state index in [1.807, 2.05) is 0 Å². The Labute approximate surface area is 143 Å². The minimum atomic E-state index is -2.92. The van der Waals surface area contributed by atoms with Gasteiger partial charge in [-0.05, 0) is 37.1 Å². The van der Waals surface area contributed by atoms with E-state index in [1.54, 1.807) is 0 Å². The summed E-state index contributed by atoms with van der Waals surface area (Å²) in [5.74, 6) is -1.67. The maximum atomic E-state index is 12.3. The Balaban J connectivity index is 1.59. The van der Waals surface area contributed by atoms with Crippen LogP contribution in [0.5, 0.6) is 5.75 Å². The average molecular weight is 352 g/mol. The first-order valence-electron chi connectivity index (χ1n) is 8.15. The molecule has 3 rings (SSSR count). The smallest absolute Gasteiger partial charge is 0.387 e. The minimum Gasteiger partial charge on any atom is -0.435 e. The molecule has 1 aromatic carbocycles. The number of fused-ring (bicyclic) bond motifs is 1. The fraction of sp³-hybridized carbons (Fsp3) is 0.471. The lowest BCUT2D eigenvalue weighted by Gasteiger charge is -2.19. The van der Waals surface area contributed by atoms with Crippen molar-refractivity contribution in [3.63, 3.8) is 0 Å². The molecule has 1 aliphatic carbocycles. The van der Waals surface area contributed by atoms with Crippen LogP contribution in [0.1, 0.15) is 25.7 Å². The van der Waals surface area contributed by atoms with Crippen molar-refractivity contribution in [3.8, 4) is 5.75 Å². The molecule has 2 atom stereocenters. The van der Waals surface area contributed by atoms with E-state index in [0.717, 1.165) is 17.7 Å². The van der Waals surface area contributed by atoms with Crippen molar-refractivity contribution in [2.24, 2.45) is 11.8 Å². The van der Waals surface area contributed by atoms with Crippen LogP contribution in [0.4, 0.5) is 14.5 Å². The first kappa shape index (κ1) is 17.3. The summed E-state index contributed by atoms with van der Waals surface area (Å²) in [6.45, 7) is -3.25. The number of hydrogen-bond donors (Lipinski definition) is 1. The standard InChI is InChI=1S/C17H18F2N2O4/c18-17(19)25-11-7-5-10(6-8-11)20-14(22)9-21-15(23)12-3-1-2-4-13(12)16(21)24/h5-8,12-13,17H,1-4,9H2,(H,20,22)/t12-,13+. The second kappa shape index (κ2) is 7.16. The van der Waals surface area contributed by atoms with Crippen molar-refractivity contribution >= 4 is 23.4 Å². The summed E-state index contributed by atoms with van der Waals surface area (Å²) >= 11 is 0. The van der Waals surface area contributed by atoms with Gasteiger partial charge in [-0.25, -0.2) is 0 Å². The molecule has 6 nitrogen and oxygen atoms in total. The number of anilines is 1. The second-order valence-corrected chi connectivity index (χ2v) is 6.21. The van der Waals surface area contributed by atoms with Gasteiger partial charge in [0.15, 0.2) is 0 Å². The summed E-state index contributed by atoms with van der Waals surface area (Å²) in [6.07, 6.45) is 3.23. The van der Waals surface area contributed by atoms with Crippen molar-refractivity contribution in [2.75, 3.05) is 11.9 Å². The molecule has 8 heteroatoms. The molecule has 1 aliphatic heterocycles. The van der Waals surface area contributed by atoms with E-state index in [0.29, 0.717) is 18.5 Å². The molecule has 1 N–H and O–H groups in total. The van der Waals surface area contributed by atoms with Crippen LogP contribution in [0, 0.1) is 11.8 Å². The molecule has 0 unspecified atom stereocenters. The van der Waals surface area contributed by atoms with Crippen molar-refractivity contribution in [1.29, 1.82) is 0 Å². The zero-order valence-corrected chi connectivity index (χ0v) is 13.4. The fourth-order valence-electron chi connectivity index (χ4n) is 3.45. The Morgan fingerprint density at radius 1 is 1.12 bits per heavy atom. The molecule has 2 aliphatic rings. The number of nitrogens with zero attached hydrogens (tertiary/aromatic N) is 1. The van der Waals surface area contributed by atoms with Crippen LogP contribution < -0.4 is 10.1 Å². The largest absolute Gasteiger partial charge is 0.435 e. The number of alkyl halides is 2. The highest BCUT2D eigenvalue weighted by atomic mass is 19.3. The van der Waals surface area contributed by atoms with E-state index < -0.39 is 12.5 Å². The van der Waals surface area contributed by atoms with Gasteiger partial charge in [0.05, 0.1) is 11.8 Å². The summed E-state index contributed by atoms with van der Waals surface area (Å²) in [5, 5.41) is 2.54. The molecule has 25 heavy (non-hydrogen) atoms. The maximum absolute atomic E-state index is 12.3. The van der Waals surface area contributed by atoms with Crippen LogP contribution in [0.2, 0.25) is 0 Å². The lowest BCUT2D eigenvalue weighted by atomic mass is 9.81. The van der Waals surface area contributed by atoms with Gasteiger partial charge in [0.2, 0.25) is 17.7 Å². The maximum Gasteiger partial charge on any atom is 0.387 e. The molecule has 1 saturated carbocycles. The number of imide groups is 1. The van der Waals surface area contributed by atoms with Crippen LogP contribution in [-0.4, -0.2) is 35.8 Å². The van der Waals surface area contributed by atoms with Crippen molar-refractivity contribution < 1.29 is 27.9 Å². The molecule has 0 bridgehead atoms. The molecular weight excluding hydrogens is 334 g/mol. The molecule has 0 spiro atoms. The monoisotopic (exact) mass is 352 g/mol. The Morgan fingerprint density at radius 3 is 2.20 bits per heavy atom. The summed E-state index contributed by atoms with van der Waals surface area (Å²) in [5.41, 5.74) is 0.364. The first-order chi connectivity index (χ1) is 12.0. The summed E-state index contributed by atoms with van der Waals surface area (Å²) in [6, 6.07) is 5.40. The zero-order chi connectivity index (χ0) is 18.0. The van der Waals surface area contributed by atoms with Crippen LogP contribution in [0.15, 0.2) is 24.3 Å². The van der Waals surface area contributed by atoms with E-state index in [1.165, 1.54) is 24.3 Å². The number of likely N-dealkylation sites (tertiary alicyclic amines) is 1. The van der Waals surface area contributed by atoms with Gasteiger partial charge in [0.1, 0.15) is 12.3 Å². The van der Waals surface area contributed by atoms with Gasteiger partial charge in [-0.2, -0.15) is 8.78 Å². The van der Waals surface area contributed by atoms with E-state index in [2.05, 4.69) is 10.1 Å². The van der Waals surface area contributed by atoms with Gasteiger partial charge >= 0.3 is 6.61 Å². The number of amides is 3. The molecule has 0 aromatic heterocycles. The lowest BCUT2D eigenvalue weighted by molar-refractivity contribution is -0.142. The van der Waals surface area contributed by atoms with Crippen LogP contribution in [0.25, 0.3) is 0 Å². The third-order valence-electron chi connectivity index (χ3n) is 4.60. The van der Waals surface area contributed by atoms with Crippen molar-refractivity contribution in [1.82, 2.24) is 4.90 Å². The number of rotatable bonds is 5. The molecule has 1 aromatic rings. The van der Waals surface area contributed by atoms with E-state index in [-0.39, 0.29) is 35.9 Å². The average Bonchev–Trinajstić information content (AvgIpc) is 2.82. The molecule has 2 fully saturated rings. The molecule has 3 amide bonds. The van der Waals surface area contributed by atoms with Gasteiger partial charge < -0.3 is 10.1 Å². The van der Waals surface area contributed by atoms with Gasteiger partial charge in [0, 0.05) is 5.69 Å². The van der Waals surface area contributed by atoms with Crippen LogP contribution in [0.3, 0.4) is 0 Å². The number of carbonyl (C=O) groups excluding carboxylic acids is 3. The molecule has 0 radical (unpaired) electrons. The topological polar surface area (TPSA) is 75.7 Å². The van der Waals surface area contributed by atoms with Crippen LogP contribution >= 0.6 is 0 Å². The molecule has 134 valence electrons. The minimum absolute atomic E-state index is 0.0260. The van der Waals surface area contributed by atoms with Crippen molar-refractivity contribution in [2.45, 2.75) is 32.3 Å². The van der Waals surface area contributed by atoms with Crippen molar-refractivity contribution in [3.05, 3.63) is 24.3 Å². The molecule has 1 heterocycles.